The quantitative estimate of drug-likeness (QED) is 0.647. The normalized spacial score (nSPS) is 19.2. The van der Waals surface area contributed by atoms with E-state index in [0.29, 0.717) is 13.1 Å². The minimum atomic E-state index is -0.360. The van der Waals surface area contributed by atoms with Gasteiger partial charge >= 0.3 is 0 Å². The number of aromatic nitrogens is 1. The predicted octanol–water partition coefficient (Wildman–Crippen LogP) is -0.906. The van der Waals surface area contributed by atoms with Crippen LogP contribution in [0.25, 0.3) is 0 Å². The number of aryl methyl sites for hydroxylation is 1. The number of piperazine rings is 1. The second-order valence-corrected chi connectivity index (χ2v) is 4.26. The topological polar surface area (TPSA) is 83.1 Å². The molecule has 96 valence electrons. The second kappa shape index (κ2) is 5.59. The Labute approximate surface area is 105 Å². The van der Waals surface area contributed by atoms with Gasteiger partial charge < -0.3 is 10.6 Å². The Bertz CT molecular complexity index is 434. The van der Waals surface area contributed by atoms with Gasteiger partial charge in [0.2, 0.25) is 11.8 Å². The fourth-order valence-corrected chi connectivity index (χ4v) is 1.67. The van der Waals surface area contributed by atoms with Crippen molar-refractivity contribution in [3.8, 4) is 0 Å². The maximum Gasteiger partial charge on any atom is 0.239 e. The lowest BCUT2D eigenvalue weighted by molar-refractivity contribution is -0.126. The zero-order valence-electron chi connectivity index (χ0n) is 10.2. The van der Waals surface area contributed by atoms with E-state index in [2.05, 4.69) is 20.9 Å². The Balaban J connectivity index is 1.81. The van der Waals surface area contributed by atoms with Crippen LogP contribution >= 0.6 is 0 Å². The van der Waals surface area contributed by atoms with Crippen LogP contribution in [0, 0.1) is 6.92 Å². The first kappa shape index (κ1) is 12.5. The fraction of sp³-hybridized carbons (Fsp3) is 0.417. The lowest BCUT2D eigenvalue weighted by Crippen LogP contribution is -2.57. The van der Waals surface area contributed by atoms with E-state index >= 15 is 0 Å². The second-order valence-electron chi connectivity index (χ2n) is 4.26. The monoisotopic (exact) mass is 248 g/mol. The molecule has 0 aromatic carbocycles. The summed E-state index contributed by atoms with van der Waals surface area (Å²) in [5, 5.41) is 8.33. The van der Waals surface area contributed by atoms with Gasteiger partial charge in [0, 0.05) is 25.0 Å². The standard InChI is InChI=1S/C12H16N4O2/c1-8-2-3-9(4-13-8)5-16-12(18)10-6-15-11(17)7-14-10/h2-4,10,14H,5-7H2,1H3,(H,15,17)(H,16,18). The summed E-state index contributed by atoms with van der Waals surface area (Å²) in [6, 6.07) is 3.47. The van der Waals surface area contributed by atoms with Gasteiger partial charge in [0.05, 0.1) is 6.54 Å². The third-order valence-electron chi connectivity index (χ3n) is 2.77. The Hall–Kier alpha value is -1.95. The lowest BCUT2D eigenvalue weighted by atomic mass is 10.2. The van der Waals surface area contributed by atoms with E-state index in [-0.39, 0.29) is 24.4 Å². The van der Waals surface area contributed by atoms with E-state index in [4.69, 9.17) is 0 Å². The number of hydrogen-bond donors (Lipinski definition) is 3. The minimum Gasteiger partial charge on any atom is -0.353 e. The Morgan fingerprint density at radius 2 is 2.39 bits per heavy atom. The van der Waals surface area contributed by atoms with Gasteiger partial charge in [-0.25, -0.2) is 0 Å². The number of pyridine rings is 1. The van der Waals surface area contributed by atoms with Gasteiger partial charge in [-0.05, 0) is 18.6 Å². The molecule has 2 rings (SSSR count). The van der Waals surface area contributed by atoms with E-state index in [1.54, 1.807) is 6.20 Å². The van der Waals surface area contributed by atoms with Crippen LogP contribution in [0.15, 0.2) is 18.3 Å². The lowest BCUT2D eigenvalue weighted by Gasteiger charge is -2.23. The highest BCUT2D eigenvalue weighted by Gasteiger charge is 2.23. The summed E-state index contributed by atoms with van der Waals surface area (Å²) in [5.41, 5.74) is 1.90. The number of nitrogens with zero attached hydrogens (tertiary/aromatic N) is 1. The van der Waals surface area contributed by atoms with Gasteiger partial charge in [0.25, 0.3) is 0 Å². The molecule has 6 nitrogen and oxygen atoms in total. The van der Waals surface area contributed by atoms with E-state index < -0.39 is 0 Å². The molecule has 18 heavy (non-hydrogen) atoms. The van der Waals surface area contributed by atoms with Crippen molar-refractivity contribution in [3.63, 3.8) is 0 Å². The molecule has 2 amide bonds. The van der Waals surface area contributed by atoms with Crippen molar-refractivity contribution in [1.82, 2.24) is 20.9 Å². The van der Waals surface area contributed by atoms with Crippen molar-refractivity contribution in [2.24, 2.45) is 0 Å². The summed E-state index contributed by atoms with van der Waals surface area (Å²) < 4.78 is 0. The average molecular weight is 248 g/mol. The molecule has 0 aliphatic carbocycles. The number of carbonyl (C=O) groups excluding carboxylic acids is 2. The molecule has 0 spiro atoms. The van der Waals surface area contributed by atoms with Crippen LogP contribution in [0.1, 0.15) is 11.3 Å². The van der Waals surface area contributed by atoms with Crippen LogP contribution in [0.4, 0.5) is 0 Å². The van der Waals surface area contributed by atoms with Crippen LogP contribution in [-0.2, 0) is 16.1 Å². The number of carbonyl (C=O) groups is 2. The summed E-state index contributed by atoms with van der Waals surface area (Å²) >= 11 is 0. The maximum absolute atomic E-state index is 11.8. The molecule has 3 N–H and O–H groups in total. The molecule has 1 aromatic rings. The van der Waals surface area contributed by atoms with Gasteiger partial charge in [-0.3, -0.25) is 19.9 Å². The summed E-state index contributed by atoms with van der Waals surface area (Å²) in [6.45, 7) is 2.87. The van der Waals surface area contributed by atoms with E-state index in [0.717, 1.165) is 11.3 Å². The van der Waals surface area contributed by atoms with E-state index in [1.165, 1.54) is 0 Å². The molecular weight excluding hydrogens is 232 g/mol. The maximum atomic E-state index is 11.8. The number of rotatable bonds is 3. The summed E-state index contributed by atoms with van der Waals surface area (Å²) in [6.07, 6.45) is 1.74. The van der Waals surface area contributed by atoms with Crippen LogP contribution in [0.2, 0.25) is 0 Å². The molecule has 1 aliphatic rings. The SMILES string of the molecule is Cc1ccc(CNC(=O)C2CNC(=O)CN2)cn1. The number of amides is 2. The molecule has 1 unspecified atom stereocenters. The Kier molecular flexibility index (Phi) is 3.88. The van der Waals surface area contributed by atoms with E-state index in [9.17, 15) is 9.59 Å². The van der Waals surface area contributed by atoms with Crippen LogP contribution in [0.5, 0.6) is 0 Å². The summed E-state index contributed by atoms with van der Waals surface area (Å²) in [7, 11) is 0. The molecule has 6 heteroatoms. The van der Waals surface area contributed by atoms with Crippen molar-refractivity contribution >= 4 is 11.8 Å². The van der Waals surface area contributed by atoms with Crippen molar-refractivity contribution in [2.75, 3.05) is 13.1 Å². The molecule has 2 heterocycles. The predicted molar refractivity (Wildman–Crippen MR) is 65.6 cm³/mol. The molecule has 0 saturated carbocycles. The van der Waals surface area contributed by atoms with Gasteiger partial charge in [-0.2, -0.15) is 0 Å². The molecule has 1 saturated heterocycles. The van der Waals surface area contributed by atoms with Crippen molar-refractivity contribution in [2.45, 2.75) is 19.5 Å². The van der Waals surface area contributed by atoms with Gasteiger partial charge in [0.1, 0.15) is 6.04 Å². The highest BCUT2D eigenvalue weighted by atomic mass is 16.2. The van der Waals surface area contributed by atoms with Crippen LogP contribution < -0.4 is 16.0 Å². The number of hydrogen-bond acceptors (Lipinski definition) is 4. The third kappa shape index (κ3) is 3.27. The van der Waals surface area contributed by atoms with Crippen LogP contribution in [-0.4, -0.2) is 35.9 Å². The molecule has 1 aliphatic heterocycles. The zero-order valence-corrected chi connectivity index (χ0v) is 10.2. The first-order valence-electron chi connectivity index (χ1n) is 5.84. The molecule has 1 atom stereocenters. The van der Waals surface area contributed by atoms with Crippen LogP contribution in [0.3, 0.4) is 0 Å². The summed E-state index contributed by atoms with van der Waals surface area (Å²) in [4.78, 5) is 26.9. The Morgan fingerprint density at radius 3 is 3.00 bits per heavy atom. The van der Waals surface area contributed by atoms with Gasteiger partial charge in [-0.1, -0.05) is 6.07 Å². The Morgan fingerprint density at radius 1 is 1.56 bits per heavy atom. The average Bonchev–Trinajstić information content (AvgIpc) is 2.38. The molecule has 1 aromatic heterocycles. The minimum absolute atomic E-state index is 0.0817. The highest BCUT2D eigenvalue weighted by Crippen LogP contribution is 1.99. The molecule has 0 radical (unpaired) electrons. The molecule has 1 fully saturated rings. The fourth-order valence-electron chi connectivity index (χ4n) is 1.67. The van der Waals surface area contributed by atoms with E-state index in [1.807, 2.05) is 19.1 Å². The first-order valence-corrected chi connectivity index (χ1v) is 5.84. The van der Waals surface area contributed by atoms with Crippen molar-refractivity contribution in [1.29, 1.82) is 0 Å². The molecule has 0 bridgehead atoms. The van der Waals surface area contributed by atoms with Gasteiger partial charge in [-0.15, -0.1) is 0 Å². The van der Waals surface area contributed by atoms with Crippen molar-refractivity contribution < 1.29 is 9.59 Å². The molecular formula is C12H16N4O2. The largest absolute Gasteiger partial charge is 0.353 e. The third-order valence-corrected chi connectivity index (χ3v) is 2.77. The smallest absolute Gasteiger partial charge is 0.239 e. The first-order chi connectivity index (χ1) is 8.65. The highest BCUT2D eigenvalue weighted by molar-refractivity contribution is 5.86. The summed E-state index contributed by atoms with van der Waals surface area (Å²) in [5.74, 6) is -0.197. The van der Waals surface area contributed by atoms with Crippen molar-refractivity contribution in [3.05, 3.63) is 29.6 Å². The van der Waals surface area contributed by atoms with Gasteiger partial charge in [0.15, 0.2) is 0 Å². The number of nitrogens with one attached hydrogen (secondary N) is 3. The zero-order chi connectivity index (χ0) is 13.0.